The van der Waals surface area contributed by atoms with Gasteiger partial charge in [0.2, 0.25) is 0 Å². The highest BCUT2D eigenvalue weighted by Gasteiger charge is 2.32. The zero-order chi connectivity index (χ0) is 24.4. The Bertz CT molecular complexity index is 887. The quantitative estimate of drug-likeness (QED) is 0.190. The number of aliphatic carboxylic acids is 1. The summed E-state index contributed by atoms with van der Waals surface area (Å²) in [5.41, 5.74) is 2.41. The van der Waals surface area contributed by atoms with Crippen LogP contribution in [0.15, 0.2) is 53.8 Å². The van der Waals surface area contributed by atoms with Gasteiger partial charge in [-0.25, -0.2) is 4.39 Å². The first-order valence-corrected chi connectivity index (χ1v) is 11.5. The molecule has 1 aliphatic rings. The molecule has 33 heavy (non-hydrogen) atoms. The van der Waals surface area contributed by atoms with Gasteiger partial charge >= 0.3 is 12.1 Å². The fraction of sp³-hybridized carbons (Fsp3) is 0.500. The number of rotatable bonds is 12. The van der Waals surface area contributed by atoms with Gasteiger partial charge in [0.15, 0.2) is 0 Å². The molecule has 182 valence electrons. The van der Waals surface area contributed by atoms with E-state index in [0.717, 1.165) is 62.8 Å². The topological polar surface area (TPSA) is 49.3 Å². The molecular formula is C26H33F4NO2. The lowest BCUT2D eigenvalue weighted by Crippen LogP contribution is -2.19. The van der Waals surface area contributed by atoms with Crippen molar-refractivity contribution in [2.24, 2.45) is 0 Å². The molecule has 0 saturated carbocycles. The summed E-state index contributed by atoms with van der Waals surface area (Å²) in [5, 5.41) is 12.5. The van der Waals surface area contributed by atoms with E-state index in [4.69, 9.17) is 5.11 Å². The van der Waals surface area contributed by atoms with Crippen LogP contribution in [0.25, 0.3) is 0 Å². The van der Waals surface area contributed by atoms with Crippen LogP contribution < -0.4 is 5.32 Å². The number of hydrogen-bond acceptors (Lipinski definition) is 2. The van der Waals surface area contributed by atoms with Gasteiger partial charge in [0.1, 0.15) is 5.82 Å². The Hall–Kier alpha value is -2.57. The number of carbonyl (C=O) groups is 1. The van der Waals surface area contributed by atoms with Crippen LogP contribution in [-0.4, -0.2) is 17.6 Å². The van der Waals surface area contributed by atoms with E-state index in [1.165, 1.54) is 11.3 Å². The maximum atomic E-state index is 14.2. The summed E-state index contributed by atoms with van der Waals surface area (Å²) in [6, 6.07) is 2.20. The van der Waals surface area contributed by atoms with Gasteiger partial charge in [0.25, 0.3) is 0 Å². The minimum absolute atomic E-state index is 0.174. The summed E-state index contributed by atoms with van der Waals surface area (Å²) in [4.78, 5) is 11.2. The van der Waals surface area contributed by atoms with Crippen molar-refractivity contribution in [1.29, 1.82) is 0 Å². The van der Waals surface area contributed by atoms with Crippen LogP contribution in [0.1, 0.15) is 81.8 Å². The van der Waals surface area contributed by atoms with E-state index in [9.17, 15) is 22.4 Å². The fourth-order valence-corrected chi connectivity index (χ4v) is 4.07. The number of unbranched alkanes of at least 4 members (excludes halogenated alkanes) is 3. The second-order valence-corrected chi connectivity index (χ2v) is 8.65. The maximum Gasteiger partial charge on any atom is 0.416 e. The lowest BCUT2D eigenvalue weighted by atomic mass is 9.88. The zero-order valence-corrected chi connectivity index (χ0v) is 19.1. The van der Waals surface area contributed by atoms with Gasteiger partial charge in [-0.15, -0.1) is 0 Å². The molecule has 1 aromatic rings. The third-order valence-corrected chi connectivity index (χ3v) is 6.00. The van der Waals surface area contributed by atoms with Crippen molar-refractivity contribution in [2.75, 3.05) is 6.54 Å². The highest BCUT2D eigenvalue weighted by Crippen LogP contribution is 2.35. The number of halogens is 4. The Morgan fingerprint density at radius 1 is 1.24 bits per heavy atom. The summed E-state index contributed by atoms with van der Waals surface area (Å²) < 4.78 is 53.2. The molecule has 1 heterocycles. The zero-order valence-electron chi connectivity index (χ0n) is 19.1. The number of hydrogen-bond donors (Lipinski definition) is 2. The van der Waals surface area contributed by atoms with Gasteiger partial charge in [-0.3, -0.25) is 4.79 Å². The lowest BCUT2D eigenvalue weighted by Gasteiger charge is -2.18. The van der Waals surface area contributed by atoms with Crippen LogP contribution in [0.4, 0.5) is 17.6 Å². The number of carboxylic acids is 1. The van der Waals surface area contributed by atoms with Gasteiger partial charge in [-0.2, -0.15) is 13.2 Å². The lowest BCUT2D eigenvalue weighted by molar-refractivity contribution is -0.138. The third-order valence-electron chi connectivity index (χ3n) is 6.00. The summed E-state index contributed by atoms with van der Waals surface area (Å²) in [6.45, 7) is 7.18. The van der Waals surface area contributed by atoms with Crippen molar-refractivity contribution < 1.29 is 27.5 Å². The largest absolute Gasteiger partial charge is 0.481 e. The third kappa shape index (κ3) is 9.06. The maximum absolute atomic E-state index is 14.2. The van der Waals surface area contributed by atoms with Crippen LogP contribution in [0, 0.1) is 5.82 Å². The number of alkyl halides is 3. The van der Waals surface area contributed by atoms with Crippen molar-refractivity contribution in [3.05, 3.63) is 70.7 Å². The van der Waals surface area contributed by atoms with E-state index in [0.29, 0.717) is 18.9 Å². The number of carboxylic acid groups (broad SMARTS) is 1. The normalized spacial score (nSPS) is 15.5. The van der Waals surface area contributed by atoms with Crippen molar-refractivity contribution in [3.8, 4) is 0 Å². The Morgan fingerprint density at radius 3 is 2.64 bits per heavy atom. The smallest absolute Gasteiger partial charge is 0.416 e. The summed E-state index contributed by atoms with van der Waals surface area (Å²) in [5.74, 6) is -2.74. The van der Waals surface area contributed by atoms with Crippen LogP contribution in [-0.2, 0) is 11.0 Å². The van der Waals surface area contributed by atoms with E-state index in [1.807, 2.05) is 6.08 Å². The molecule has 0 unspecified atom stereocenters. The van der Waals surface area contributed by atoms with Crippen molar-refractivity contribution in [1.82, 2.24) is 5.32 Å². The highest BCUT2D eigenvalue weighted by atomic mass is 19.4. The fourth-order valence-electron chi connectivity index (χ4n) is 4.07. The standard InChI is InChI=1S/C26H33F4NO2/c1-18(11-12-20-10-7-15-31-19(20)2)8-5-3-4-6-9-21(16-25(32)33)23-17-22(26(28,29)30)13-14-24(23)27/h11-14,17,21,31H,1,3-10,15-16H2,2H3,(H,32,33)/b12-11-/t21-/m0/s1. The number of allylic oxidation sites excluding steroid dienone is 5. The van der Waals surface area contributed by atoms with Gasteiger partial charge in [-0.1, -0.05) is 43.6 Å². The molecule has 0 bridgehead atoms. The first kappa shape index (κ1) is 26.7. The van der Waals surface area contributed by atoms with E-state index < -0.39 is 35.9 Å². The second kappa shape index (κ2) is 12.6. The van der Waals surface area contributed by atoms with Crippen LogP contribution in [0.3, 0.4) is 0 Å². The molecule has 0 saturated heterocycles. The van der Waals surface area contributed by atoms with E-state index in [2.05, 4.69) is 24.9 Å². The minimum atomic E-state index is -4.60. The molecule has 0 aliphatic carbocycles. The Balaban J connectivity index is 1.82. The molecule has 0 amide bonds. The first-order chi connectivity index (χ1) is 15.6. The van der Waals surface area contributed by atoms with Gasteiger partial charge < -0.3 is 10.4 Å². The molecule has 1 atom stereocenters. The average molecular weight is 468 g/mol. The molecule has 7 heteroatoms. The molecule has 0 radical (unpaired) electrons. The summed E-state index contributed by atoms with van der Waals surface area (Å²) >= 11 is 0. The molecular weight excluding hydrogens is 434 g/mol. The molecule has 2 rings (SSSR count). The second-order valence-electron chi connectivity index (χ2n) is 8.65. The number of benzene rings is 1. The summed E-state index contributed by atoms with van der Waals surface area (Å²) in [6.07, 6.45) is 5.73. The van der Waals surface area contributed by atoms with Gasteiger partial charge in [0, 0.05) is 12.2 Å². The number of nitrogens with one attached hydrogen (secondary N) is 1. The molecule has 1 aromatic carbocycles. The minimum Gasteiger partial charge on any atom is -0.481 e. The average Bonchev–Trinajstić information content (AvgIpc) is 2.74. The van der Waals surface area contributed by atoms with Crippen LogP contribution >= 0.6 is 0 Å². The summed E-state index contributed by atoms with van der Waals surface area (Å²) in [7, 11) is 0. The van der Waals surface area contributed by atoms with Crippen molar-refractivity contribution in [3.63, 3.8) is 0 Å². The van der Waals surface area contributed by atoms with E-state index in [1.54, 1.807) is 0 Å². The van der Waals surface area contributed by atoms with Crippen molar-refractivity contribution >= 4 is 5.97 Å². The SMILES string of the molecule is C=C(/C=C\C1=C(C)NCCC1)CCCCCC[C@@H](CC(=O)O)c1cc(C(F)(F)F)ccc1F. The van der Waals surface area contributed by atoms with Gasteiger partial charge in [-0.05, 0) is 74.3 Å². The van der Waals surface area contributed by atoms with Crippen LogP contribution in [0.5, 0.6) is 0 Å². The highest BCUT2D eigenvalue weighted by molar-refractivity contribution is 5.68. The molecule has 1 aliphatic heterocycles. The molecule has 0 fully saturated rings. The van der Waals surface area contributed by atoms with E-state index in [-0.39, 0.29) is 5.56 Å². The predicted molar refractivity (Wildman–Crippen MR) is 122 cm³/mol. The van der Waals surface area contributed by atoms with Crippen molar-refractivity contribution in [2.45, 2.75) is 76.8 Å². The monoisotopic (exact) mass is 467 g/mol. The predicted octanol–water partition coefficient (Wildman–Crippen LogP) is 7.51. The Morgan fingerprint density at radius 2 is 1.97 bits per heavy atom. The van der Waals surface area contributed by atoms with E-state index >= 15 is 0 Å². The molecule has 0 aromatic heterocycles. The Labute approximate surface area is 193 Å². The molecule has 3 nitrogen and oxygen atoms in total. The Kier molecular flexibility index (Phi) is 10.2. The first-order valence-electron chi connectivity index (χ1n) is 11.5. The van der Waals surface area contributed by atoms with Crippen LogP contribution in [0.2, 0.25) is 0 Å². The van der Waals surface area contributed by atoms with Gasteiger partial charge in [0.05, 0.1) is 12.0 Å². The molecule has 0 spiro atoms. The molecule has 2 N–H and O–H groups in total.